The van der Waals surface area contributed by atoms with Crippen molar-refractivity contribution in [3.05, 3.63) is 58.7 Å². The first kappa shape index (κ1) is 17.9. The van der Waals surface area contributed by atoms with Crippen LogP contribution < -0.4 is 5.32 Å². The summed E-state index contributed by atoms with van der Waals surface area (Å²) in [5.74, 6) is 0.0744. The van der Waals surface area contributed by atoms with E-state index in [1.54, 1.807) is 12.3 Å². The Morgan fingerprint density at radius 2 is 2.04 bits per heavy atom. The zero-order chi connectivity index (χ0) is 19.7. The Labute approximate surface area is 164 Å². The fourth-order valence-electron chi connectivity index (χ4n) is 2.78. The molecule has 4 aromatic rings. The van der Waals surface area contributed by atoms with Crippen molar-refractivity contribution in [2.75, 3.05) is 5.32 Å². The van der Waals surface area contributed by atoms with Gasteiger partial charge in [0.2, 0.25) is 0 Å². The van der Waals surface area contributed by atoms with E-state index in [0.29, 0.717) is 10.9 Å². The molecule has 1 amide bonds. The third-order valence-corrected chi connectivity index (χ3v) is 4.81. The lowest BCUT2D eigenvalue weighted by Crippen LogP contribution is -2.17. The third-order valence-electron chi connectivity index (χ3n) is 3.92. The highest BCUT2D eigenvalue weighted by molar-refractivity contribution is 7.16. The molecule has 0 aliphatic heterocycles. The molecule has 0 bridgehead atoms. The van der Waals surface area contributed by atoms with E-state index in [1.807, 2.05) is 32.9 Å². The van der Waals surface area contributed by atoms with Crippen LogP contribution in [0.2, 0.25) is 0 Å². The number of rotatable bonds is 4. The molecular formula is C18H16N8OS. The first-order chi connectivity index (χ1) is 13.5. The van der Waals surface area contributed by atoms with Gasteiger partial charge in [0.05, 0.1) is 11.9 Å². The Morgan fingerprint density at radius 1 is 1.18 bits per heavy atom. The van der Waals surface area contributed by atoms with Crippen molar-refractivity contribution >= 4 is 22.4 Å². The Morgan fingerprint density at radius 3 is 2.79 bits per heavy atom. The molecule has 0 aliphatic rings. The van der Waals surface area contributed by atoms with Gasteiger partial charge < -0.3 is 0 Å². The van der Waals surface area contributed by atoms with Gasteiger partial charge in [-0.15, -0.1) is 16.4 Å². The summed E-state index contributed by atoms with van der Waals surface area (Å²) in [7, 11) is 0. The number of anilines is 1. The molecule has 1 N–H and O–H groups in total. The SMILES string of the molecule is Cc1cc(C)nc(-c2nc(NC(=O)c3cnnn3-c3ccncn3)sc2C)c1. The summed E-state index contributed by atoms with van der Waals surface area (Å²) in [6.07, 6.45) is 4.33. The van der Waals surface area contributed by atoms with Gasteiger partial charge in [0.1, 0.15) is 12.0 Å². The van der Waals surface area contributed by atoms with Gasteiger partial charge in [-0.25, -0.2) is 15.0 Å². The van der Waals surface area contributed by atoms with E-state index in [0.717, 1.165) is 27.5 Å². The standard InChI is InChI=1S/C18H16N8OS/c1-10-6-11(2)22-13(7-10)16-12(3)28-18(23-16)24-17(27)14-8-21-25-26(14)15-4-5-19-9-20-15/h4-9H,1-3H3,(H,23,24,27). The van der Waals surface area contributed by atoms with Crippen LogP contribution in [0.1, 0.15) is 26.6 Å². The van der Waals surface area contributed by atoms with Gasteiger partial charge in [0.15, 0.2) is 16.6 Å². The summed E-state index contributed by atoms with van der Waals surface area (Å²) < 4.78 is 1.35. The molecule has 28 heavy (non-hydrogen) atoms. The maximum absolute atomic E-state index is 12.7. The van der Waals surface area contributed by atoms with Gasteiger partial charge in [-0.05, 0) is 38.5 Å². The van der Waals surface area contributed by atoms with Crippen LogP contribution in [0.3, 0.4) is 0 Å². The molecule has 0 aromatic carbocycles. The number of carbonyl (C=O) groups is 1. The van der Waals surface area contributed by atoms with Crippen LogP contribution in [0.15, 0.2) is 36.9 Å². The third kappa shape index (κ3) is 3.49. The number of hydrogen-bond donors (Lipinski definition) is 1. The number of aryl methyl sites for hydroxylation is 3. The highest BCUT2D eigenvalue weighted by atomic mass is 32.1. The van der Waals surface area contributed by atoms with Gasteiger partial charge in [-0.1, -0.05) is 5.21 Å². The fourth-order valence-corrected chi connectivity index (χ4v) is 3.60. The van der Waals surface area contributed by atoms with Crippen LogP contribution >= 0.6 is 11.3 Å². The number of aromatic nitrogens is 7. The Hall–Kier alpha value is -3.53. The topological polar surface area (TPSA) is 111 Å². The number of hydrogen-bond acceptors (Lipinski definition) is 8. The molecular weight excluding hydrogens is 376 g/mol. The monoisotopic (exact) mass is 392 g/mol. The number of carbonyl (C=O) groups excluding carboxylic acids is 1. The molecule has 4 aromatic heterocycles. The molecule has 0 saturated carbocycles. The summed E-state index contributed by atoms with van der Waals surface area (Å²) in [6, 6.07) is 5.63. The smallest absolute Gasteiger partial charge is 0.277 e. The molecule has 10 heteroatoms. The maximum Gasteiger partial charge on any atom is 0.277 e. The quantitative estimate of drug-likeness (QED) is 0.568. The summed E-state index contributed by atoms with van der Waals surface area (Å²) in [5, 5.41) is 11.0. The molecule has 0 unspecified atom stereocenters. The van der Waals surface area contributed by atoms with Crippen molar-refractivity contribution < 1.29 is 4.79 Å². The number of nitrogens with zero attached hydrogens (tertiary/aromatic N) is 7. The second kappa shape index (κ2) is 7.24. The highest BCUT2D eigenvalue weighted by Gasteiger charge is 2.19. The number of pyridine rings is 1. The lowest BCUT2D eigenvalue weighted by atomic mass is 10.2. The van der Waals surface area contributed by atoms with Crippen LogP contribution in [0.25, 0.3) is 17.2 Å². The van der Waals surface area contributed by atoms with Crippen LogP contribution in [0.5, 0.6) is 0 Å². The summed E-state index contributed by atoms with van der Waals surface area (Å²) in [5.41, 5.74) is 3.83. The molecule has 0 atom stereocenters. The lowest BCUT2D eigenvalue weighted by Gasteiger charge is -2.04. The van der Waals surface area contributed by atoms with Crippen molar-refractivity contribution in [3.63, 3.8) is 0 Å². The van der Waals surface area contributed by atoms with Crippen LogP contribution in [0.4, 0.5) is 5.13 Å². The lowest BCUT2D eigenvalue weighted by molar-refractivity contribution is 0.101. The average Bonchev–Trinajstić information content (AvgIpc) is 3.28. The zero-order valence-electron chi connectivity index (χ0n) is 15.4. The predicted octanol–water partition coefficient (Wildman–Crippen LogP) is 2.75. The summed E-state index contributed by atoms with van der Waals surface area (Å²) in [4.78, 5) is 30.8. The van der Waals surface area contributed by atoms with Crippen molar-refractivity contribution in [2.45, 2.75) is 20.8 Å². The minimum atomic E-state index is -0.378. The van der Waals surface area contributed by atoms with Crippen LogP contribution in [0, 0.1) is 20.8 Å². The predicted molar refractivity (Wildman–Crippen MR) is 104 cm³/mol. The second-order valence-electron chi connectivity index (χ2n) is 6.15. The van der Waals surface area contributed by atoms with E-state index in [2.05, 4.69) is 35.6 Å². The van der Waals surface area contributed by atoms with Crippen molar-refractivity contribution in [3.8, 4) is 17.2 Å². The van der Waals surface area contributed by atoms with E-state index < -0.39 is 0 Å². The van der Waals surface area contributed by atoms with Gasteiger partial charge in [-0.2, -0.15) is 4.68 Å². The van der Waals surface area contributed by atoms with Crippen molar-refractivity contribution in [2.24, 2.45) is 0 Å². The largest absolute Gasteiger partial charge is 0.296 e. The molecule has 4 rings (SSSR count). The van der Waals surface area contributed by atoms with Crippen molar-refractivity contribution in [1.82, 2.24) is 34.9 Å². The maximum atomic E-state index is 12.7. The first-order valence-corrected chi connectivity index (χ1v) is 9.24. The van der Waals surface area contributed by atoms with Crippen LogP contribution in [-0.4, -0.2) is 40.8 Å². The molecule has 0 aliphatic carbocycles. The minimum Gasteiger partial charge on any atom is -0.296 e. The molecule has 0 radical (unpaired) electrons. The Bertz CT molecular complexity index is 1130. The van der Waals surface area contributed by atoms with E-state index in [1.165, 1.54) is 28.5 Å². The minimum absolute atomic E-state index is 0.248. The first-order valence-electron chi connectivity index (χ1n) is 8.43. The zero-order valence-corrected chi connectivity index (χ0v) is 16.2. The van der Waals surface area contributed by atoms with E-state index in [9.17, 15) is 4.79 Å². The molecule has 0 fully saturated rings. The number of thiazole rings is 1. The molecule has 0 saturated heterocycles. The Balaban J connectivity index is 1.61. The van der Waals surface area contributed by atoms with Gasteiger partial charge in [-0.3, -0.25) is 15.1 Å². The average molecular weight is 392 g/mol. The van der Waals surface area contributed by atoms with E-state index in [-0.39, 0.29) is 11.6 Å². The Kier molecular flexibility index (Phi) is 4.62. The number of amides is 1. The molecule has 140 valence electrons. The summed E-state index contributed by atoms with van der Waals surface area (Å²) >= 11 is 1.39. The summed E-state index contributed by atoms with van der Waals surface area (Å²) in [6.45, 7) is 5.92. The van der Waals surface area contributed by atoms with Gasteiger partial charge in [0.25, 0.3) is 5.91 Å². The fraction of sp³-hybridized carbons (Fsp3) is 0.167. The van der Waals surface area contributed by atoms with Gasteiger partial charge >= 0.3 is 0 Å². The molecule has 0 spiro atoms. The normalized spacial score (nSPS) is 10.8. The van der Waals surface area contributed by atoms with Crippen LogP contribution in [-0.2, 0) is 0 Å². The van der Waals surface area contributed by atoms with Crippen molar-refractivity contribution in [1.29, 1.82) is 0 Å². The van der Waals surface area contributed by atoms with E-state index >= 15 is 0 Å². The molecule has 4 heterocycles. The molecule has 9 nitrogen and oxygen atoms in total. The number of nitrogens with one attached hydrogen (secondary N) is 1. The second-order valence-corrected chi connectivity index (χ2v) is 7.35. The highest BCUT2D eigenvalue weighted by Crippen LogP contribution is 2.30. The van der Waals surface area contributed by atoms with E-state index in [4.69, 9.17) is 0 Å². The van der Waals surface area contributed by atoms with Gasteiger partial charge in [0, 0.05) is 22.8 Å².